The molecule has 1 aliphatic carbocycles. The normalized spacial score (nSPS) is 33.7. The summed E-state index contributed by atoms with van der Waals surface area (Å²) in [4.78, 5) is 24.7. The number of aliphatic carboxylic acids is 1. The van der Waals surface area contributed by atoms with Crippen molar-refractivity contribution in [3.63, 3.8) is 0 Å². The van der Waals surface area contributed by atoms with Crippen LogP contribution >= 0.6 is 0 Å². The van der Waals surface area contributed by atoms with Gasteiger partial charge in [0.15, 0.2) is 0 Å². The Kier molecular flexibility index (Phi) is 4.82. The van der Waals surface area contributed by atoms with E-state index in [9.17, 15) is 14.7 Å². The van der Waals surface area contributed by atoms with Gasteiger partial charge >= 0.3 is 12.0 Å². The Morgan fingerprint density at radius 1 is 1.25 bits per heavy atom. The van der Waals surface area contributed by atoms with Crippen LogP contribution in [0.3, 0.4) is 0 Å². The fourth-order valence-electron chi connectivity index (χ4n) is 2.89. The highest BCUT2D eigenvalue weighted by molar-refractivity contribution is 5.77. The smallest absolute Gasteiger partial charge is 0.317 e. The lowest BCUT2D eigenvalue weighted by atomic mass is 9.92. The molecule has 0 aromatic rings. The highest BCUT2D eigenvalue weighted by Crippen LogP contribution is 2.23. The summed E-state index contributed by atoms with van der Waals surface area (Å²) < 4.78 is 5.11. The molecule has 0 bridgehead atoms. The second kappa shape index (κ2) is 6.41. The van der Waals surface area contributed by atoms with Crippen molar-refractivity contribution in [2.24, 2.45) is 5.92 Å². The Bertz CT molecular complexity index is 376. The van der Waals surface area contributed by atoms with Crippen LogP contribution in [0.15, 0.2) is 0 Å². The van der Waals surface area contributed by atoms with Gasteiger partial charge in [0.25, 0.3) is 0 Å². The highest BCUT2D eigenvalue weighted by atomic mass is 16.5. The van der Waals surface area contributed by atoms with E-state index in [1.807, 2.05) is 0 Å². The molecule has 2 fully saturated rings. The van der Waals surface area contributed by atoms with Crippen LogP contribution in [0, 0.1) is 5.92 Å². The molecule has 0 aromatic heterocycles. The van der Waals surface area contributed by atoms with Gasteiger partial charge in [0.05, 0.1) is 31.4 Å². The van der Waals surface area contributed by atoms with E-state index >= 15 is 0 Å². The summed E-state index contributed by atoms with van der Waals surface area (Å²) in [5.41, 5.74) is 0. The zero-order valence-electron chi connectivity index (χ0n) is 11.6. The molecular formula is C13H22N2O5. The number of amides is 2. The molecule has 20 heavy (non-hydrogen) atoms. The molecule has 0 aromatic carbocycles. The summed E-state index contributed by atoms with van der Waals surface area (Å²) in [7, 11) is 1.64. The van der Waals surface area contributed by atoms with Crippen molar-refractivity contribution < 1.29 is 24.5 Å². The molecule has 0 spiro atoms. The van der Waals surface area contributed by atoms with Crippen molar-refractivity contribution in [1.82, 2.24) is 10.2 Å². The molecule has 2 amide bonds. The number of hydrogen-bond donors (Lipinski definition) is 3. The van der Waals surface area contributed by atoms with Gasteiger partial charge < -0.3 is 25.2 Å². The van der Waals surface area contributed by atoms with Crippen molar-refractivity contribution >= 4 is 12.0 Å². The Balaban J connectivity index is 1.92. The number of carboxylic acids is 1. The monoisotopic (exact) mass is 286 g/mol. The van der Waals surface area contributed by atoms with Crippen LogP contribution < -0.4 is 5.32 Å². The maximum absolute atomic E-state index is 12.2. The SMILES string of the molecule is CN(C(=O)NC1COCC1C(=O)O)C1CCCCC1O. The third-order valence-corrected chi connectivity index (χ3v) is 4.22. The predicted molar refractivity (Wildman–Crippen MR) is 70.3 cm³/mol. The summed E-state index contributed by atoms with van der Waals surface area (Å²) >= 11 is 0. The van der Waals surface area contributed by atoms with Gasteiger partial charge in [0, 0.05) is 7.05 Å². The first kappa shape index (κ1) is 15.1. The van der Waals surface area contributed by atoms with Crippen LogP contribution in [0.1, 0.15) is 25.7 Å². The molecule has 2 aliphatic rings. The average molecular weight is 286 g/mol. The summed E-state index contributed by atoms with van der Waals surface area (Å²) in [5, 5.41) is 21.7. The molecule has 1 saturated carbocycles. The summed E-state index contributed by atoms with van der Waals surface area (Å²) in [6.45, 7) is 0.333. The molecule has 4 atom stereocenters. The maximum atomic E-state index is 12.2. The fourth-order valence-corrected chi connectivity index (χ4v) is 2.89. The van der Waals surface area contributed by atoms with E-state index in [1.165, 1.54) is 4.90 Å². The van der Waals surface area contributed by atoms with Gasteiger partial charge in [0.1, 0.15) is 5.92 Å². The number of rotatable bonds is 3. The minimum Gasteiger partial charge on any atom is -0.481 e. The lowest BCUT2D eigenvalue weighted by Crippen LogP contribution is -2.53. The van der Waals surface area contributed by atoms with Crippen LogP contribution in [-0.2, 0) is 9.53 Å². The molecule has 1 aliphatic heterocycles. The first-order valence-corrected chi connectivity index (χ1v) is 7.02. The number of carbonyl (C=O) groups is 2. The summed E-state index contributed by atoms with van der Waals surface area (Å²) in [6.07, 6.45) is 2.93. The number of aliphatic hydroxyl groups is 1. The Morgan fingerprint density at radius 2 is 1.95 bits per heavy atom. The predicted octanol–water partition coefficient (Wildman–Crippen LogP) is 0.0309. The lowest BCUT2D eigenvalue weighted by molar-refractivity contribution is -0.142. The van der Waals surface area contributed by atoms with Gasteiger partial charge in [-0.1, -0.05) is 12.8 Å². The quantitative estimate of drug-likeness (QED) is 0.680. The molecule has 2 rings (SSSR count). The molecule has 0 radical (unpaired) electrons. The van der Waals surface area contributed by atoms with Crippen molar-refractivity contribution in [2.45, 2.75) is 43.9 Å². The number of nitrogens with one attached hydrogen (secondary N) is 1. The van der Waals surface area contributed by atoms with Crippen LogP contribution in [0.2, 0.25) is 0 Å². The van der Waals surface area contributed by atoms with Gasteiger partial charge in [-0.05, 0) is 12.8 Å². The van der Waals surface area contributed by atoms with Crippen molar-refractivity contribution in [2.75, 3.05) is 20.3 Å². The van der Waals surface area contributed by atoms with Crippen LogP contribution in [0.4, 0.5) is 4.79 Å². The molecule has 7 nitrogen and oxygen atoms in total. The first-order valence-electron chi connectivity index (χ1n) is 7.02. The van der Waals surface area contributed by atoms with Crippen molar-refractivity contribution in [3.8, 4) is 0 Å². The first-order chi connectivity index (χ1) is 9.50. The van der Waals surface area contributed by atoms with Gasteiger partial charge in [-0.3, -0.25) is 4.79 Å². The fraction of sp³-hybridized carbons (Fsp3) is 0.846. The van der Waals surface area contributed by atoms with E-state index in [0.29, 0.717) is 6.42 Å². The van der Waals surface area contributed by atoms with Gasteiger partial charge in [-0.15, -0.1) is 0 Å². The number of ether oxygens (including phenoxy) is 1. The maximum Gasteiger partial charge on any atom is 0.317 e. The molecule has 1 saturated heterocycles. The Morgan fingerprint density at radius 3 is 2.60 bits per heavy atom. The van der Waals surface area contributed by atoms with E-state index in [0.717, 1.165) is 19.3 Å². The average Bonchev–Trinajstić information content (AvgIpc) is 2.86. The van der Waals surface area contributed by atoms with E-state index in [2.05, 4.69) is 5.32 Å². The topological polar surface area (TPSA) is 99.1 Å². The number of hydrogen-bond acceptors (Lipinski definition) is 4. The van der Waals surface area contributed by atoms with E-state index in [4.69, 9.17) is 9.84 Å². The minimum atomic E-state index is -0.965. The number of nitrogens with zero attached hydrogens (tertiary/aromatic N) is 1. The molecule has 4 unspecified atom stereocenters. The van der Waals surface area contributed by atoms with E-state index in [-0.39, 0.29) is 25.3 Å². The third-order valence-electron chi connectivity index (χ3n) is 4.22. The minimum absolute atomic E-state index is 0.121. The van der Waals surface area contributed by atoms with Gasteiger partial charge in [-0.25, -0.2) is 4.79 Å². The Labute approximate surface area is 117 Å². The number of likely N-dealkylation sites (N-methyl/N-ethyl adjacent to an activating group) is 1. The zero-order chi connectivity index (χ0) is 14.7. The summed E-state index contributed by atoms with van der Waals surface area (Å²) in [6, 6.07) is -1.06. The third kappa shape index (κ3) is 3.21. The van der Waals surface area contributed by atoms with E-state index < -0.39 is 24.0 Å². The molecule has 1 heterocycles. The highest BCUT2D eigenvalue weighted by Gasteiger charge is 2.37. The molecule has 114 valence electrons. The standard InChI is InChI=1S/C13H22N2O5/c1-15(10-4-2-3-5-11(10)16)13(19)14-9-7-20-6-8(9)12(17)18/h8-11,16H,2-7H2,1H3,(H,14,19)(H,17,18). The molecule has 7 heteroatoms. The largest absolute Gasteiger partial charge is 0.481 e. The van der Waals surface area contributed by atoms with Crippen LogP contribution in [0.25, 0.3) is 0 Å². The number of carboxylic acid groups (broad SMARTS) is 1. The Hall–Kier alpha value is -1.34. The lowest BCUT2D eigenvalue weighted by Gasteiger charge is -2.35. The van der Waals surface area contributed by atoms with Crippen LogP contribution in [0.5, 0.6) is 0 Å². The van der Waals surface area contributed by atoms with Crippen molar-refractivity contribution in [3.05, 3.63) is 0 Å². The van der Waals surface area contributed by atoms with Crippen LogP contribution in [-0.4, -0.2) is 65.6 Å². The number of aliphatic hydroxyl groups excluding tert-OH is 1. The van der Waals surface area contributed by atoms with E-state index in [1.54, 1.807) is 7.05 Å². The van der Waals surface area contributed by atoms with Gasteiger partial charge in [-0.2, -0.15) is 0 Å². The molecular weight excluding hydrogens is 264 g/mol. The summed E-state index contributed by atoms with van der Waals surface area (Å²) in [5.74, 6) is -1.67. The number of urea groups is 1. The molecule has 3 N–H and O–H groups in total. The number of carbonyl (C=O) groups excluding carboxylic acids is 1. The zero-order valence-corrected chi connectivity index (χ0v) is 11.6. The van der Waals surface area contributed by atoms with Crippen molar-refractivity contribution in [1.29, 1.82) is 0 Å². The van der Waals surface area contributed by atoms with Gasteiger partial charge in [0.2, 0.25) is 0 Å². The second-order valence-electron chi connectivity index (χ2n) is 5.57. The second-order valence-corrected chi connectivity index (χ2v) is 5.57.